The second kappa shape index (κ2) is 8.06. The van der Waals surface area contributed by atoms with Gasteiger partial charge in [0.2, 0.25) is 11.8 Å². The molecule has 8 nitrogen and oxygen atoms in total. The van der Waals surface area contributed by atoms with Gasteiger partial charge in [0.15, 0.2) is 0 Å². The van der Waals surface area contributed by atoms with E-state index in [4.69, 9.17) is 0 Å². The molecule has 0 bridgehead atoms. The molecule has 29 heavy (non-hydrogen) atoms. The first-order valence-corrected chi connectivity index (χ1v) is 10.00. The number of nitrogens with one attached hydrogen (secondary N) is 1. The number of fused-ring (bicyclic) bond motifs is 1. The van der Waals surface area contributed by atoms with Gasteiger partial charge in [0.25, 0.3) is 11.1 Å². The summed E-state index contributed by atoms with van der Waals surface area (Å²) in [4.78, 5) is 51.7. The minimum Gasteiger partial charge on any atom is -0.343 e. The van der Waals surface area contributed by atoms with Crippen LogP contribution in [0.2, 0.25) is 0 Å². The highest BCUT2D eigenvalue weighted by Crippen LogP contribution is 2.38. The van der Waals surface area contributed by atoms with Gasteiger partial charge in [0, 0.05) is 56.2 Å². The van der Waals surface area contributed by atoms with Gasteiger partial charge >= 0.3 is 0 Å². The van der Waals surface area contributed by atoms with Gasteiger partial charge in [-0.3, -0.25) is 24.3 Å². The molecule has 0 saturated carbocycles. The summed E-state index contributed by atoms with van der Waals surface area (Å²) in [6.45, 7) is 2.22. The molecule has 4 rings (SSSR count). The number of carbonyl (C=O) groups excluding carboxylic acids is 2. The van der Waals surface area contributed by atoms with Gasteiger partial charge < -0.3 is 9.80 Å². The number of para-hydroxylation sites is 1. The number of amides is 2. The first-order chi connectivity index (χ1) is 14.0. The molecule has 1 atom stereocenters. The smallest absolute Gasteiger partial charge is 0.265 e. The van der Waals surface area contributed by atoms with E-state index in [9.17, 15) is 19.2 Å². The number of aryl methyl sites for hydroxylation is 1. The number of aromatic amines is 1. The highest BCUT2D eigenvalue weighted by Gasteiger charge is 2.32. The van der Waals surface area contributed by atoms with Crippen LogP contribution in [0.5, 0.6) is 0 Å². The summed E-state index contributed by atoms with van der Waals surface area (Å²) in [5.41, 5.74) is 1.30. The van der Waals surface area contributed by atoms with E-state index >= 15 is 0 Å². The Morgan fingerprint density at radius 1 is 1.07 bits per heavy atom. The van der Waals surface area contributed by atoms with Crippen molar-refractivity contribution < 1.29 is 9.59 Å². The molecule has 1 unspecified atom stereocenters. The quantitative estimate of drug-likeness (QED) is 0.790. The van der Waals surface area contributed by atoms with E-state index < -0.39 is 0 Å². The van der Waals surface area contributed by atoms with Crippen LogP contribution in [-0.2, 0) is 16.1 Å². The first kappa shape index (κ1) is 19.2. The van der Waals surface area contributed by atoms with Gasteiger partial charge in [-0.15, -0.1) is 0 Å². The van der Waals surface area contributed by atoms with Crippen LogP contribution in [0.1, 0.15) is 37.2 Å². The number of benzene rings is 1. The number of nitrogens with zero attached hydrogens (tertiary/aromatic N) is 3. The van der Waals surface area contributed by atoms with Crippen molar-refractivity contribution in [2.75, 3.05) is 24.5 Å². The number of rotatable bonds is 6. The Labute approximate surface area is 167 Å². The molecule has 8 heteroatoms. The van der Waals surface area contributed by atoms with Crippen molar-refractivity contribution in [3.63, 3.8) is 0 Å². The molecule has 1 aromatic carbocycles. The molecular formula is C21H24N4O4. The third-order valence-electron chi connectivity index (χ3n) is 5.73. The summed E-state index contributed by atoms with van der Waals surface area (Å²) in [6, 6.07) is 10.2. The van der Waals surface area contributed by atoms with Crippen LogP contribution in [0, 0.1) is 0 Å². The summed E-state index contributed by atoms with van der Waals surface area (Å²) < 4.78 is 1.17. The lowest BCUT2D eigenvalue weighted by Crippen LogP contribution is -2.34. The minimum atomic E-state index is -0.375. The average Bonchev–Trinajstić information content (AvgIpc) is 3.30. The fourth-order valence-electron chi connectivity index (χ4n) is 4.20. The van der Waals surface area contributed by atoms with E-state index in [0.29, 0.717) is 19.5 Å². The number of H-pyrrole nitrogens is 1. The molecule has 1 fully saturated rings. The van der Waals surface area contributed by atoms with Crippen LogP contribution in [0.25, 0.3) is 0 Å². The maximum atomic E-state index is 12.9. The van der Waals surface area contributed by atoms with Crippen LogP contribution < -0.4 is 16.0 Å². The van der Waals surface area contributed by atoms with Gasteiger partial charge in [-0.2, -0.15) is 0 Å². The van der Waals surface area contributed by atoms with Crippen molar-refractivity contribution >= 4 is 17.5 Å². The fraction of sp³-hybridized carbons (Fsp3) is 0.429. The second-order valence-corrected chi connectivity index (χ2v) is 7.58. The van der Waals surface area contributed by atoms with Gasteiger partial charge in [0.05, 0.1) is 6.54 Å². The third kappa shape index (κ3) is 4.01. The van der Waals surface area contributed by atoms with Gasteiger partial charge in [-0.1, -0.05) is 18.2 Å². The predicted molar refractivity (Wildman–Crippen MR) is 108 cm³/mol. The maximum absolute atomic E-state index is 12.9. The summed E-state index contributed by atoms with van der Waals surface area (Å²) in [5, 5.41) is 2.45. The lowest BCUT2D eigenvalue weighted by Gasteiger charge is -2.20. The molecular weight excluding hydrogens is 372 g/mol. The van der Waals surface area contributed by atoms with Crippen LogP contribution in [-0.4, -0.2) is 46.1 Å². The zero-order valence-electron chi connectivity index (χ0n) is 16.2. The monoisotopic (exact) mass is 396 g/mol. The van der Waals surface area contributed by atoms with Crippen molar-refractivity contribution in [1.29, 1.82) is 0 Å². The number of aromatic nitrogens is 2. The normalized spacial score (nSPS) is 18.3. The van der Waals surface area contributed by atoms with Crippen LogP contribution >= 0.6 is 0 Å². The molecule has 0 spiro atoms. The predicted octanol–water partition coefficient (Wildman–Crippen LogP) is 1.07. The summed E-state index contributed by atoms with van der Waals surface area (Å²) >= 11 is 0. The Balaban J connectivity index is 1.44. The number of hydrogen-bond acceptors (Lipinski definition) is 4. The van der Waals surface area contributed by atoms with E-state index in [2.05, 4.69) is 5.10 Å². The maximum Gasteiger partial charge on any atom is 0.265 e. The Hall–Kier alpha value is -3.16. The number of carbonyl (C=O) groups is 2. The molecule has 0 radical (unpaired) electrons. The Bertz CT molecular complexity index is 1040. The van der Waals surface area contributed by atoms with E-state index in [0.717, 1.165) is 30.6 Å². The molecule has 2 aliphatic rings. The molecule has 1 N–H and O–H groups in total. The van der Waals surface area contributed by atoms with Gasteiger partial charge in [-0.25, -0.2) is 4.68 Å². The van der Waals surface area contributed by atoms with Crippen LogP contribution in [0.4, 0.5) is 5.69 Å². The van der Waals surface area contributed by atoms with E-state index in [1.165, 1.54) is 16.8 Å². The van der Waals surface area contributed by atoms with E-state index in [1.54, 1.807) is 4.90 Å². The summed E-state index contributed by atoms with van der Waals surface area (Å²) in [5.74, 6) is 0.308. The highest BCUT2D eigenvalue weighted by atomic mass is 16.2. The van der Waals surface area contributed by atoms with E-state index in [1.807, 2.05) is 29.2 Å². The summed E-state index contributed by atoms with van der Waals surface area (Å²) in [7, 11) is 0. The molecule has 2 aliphatic heterocycles. The molecule has 2 aromatic rings. The van der Waals surface area contributed by atoms with Gasteiger partial charge in [0.1, 0.15) is 0 Å². The Morgan fingerprint density at radius 2 is 1.90 bits per heavy atom. The van der Waals surface area contributed by atoms with Gasteiger partial charge in [-0.05, 0) is 24.5 Å². The molecule has 152 valence electrons. The zero-order chi connectivity index (χ0) is 20.4. The van der Waals surface area contributed by atoms with E-state index in [-0.39, 0.29) is 41.8 Å². The van der Waals surface area contributed by atoms with Crippen molar-refractivity contribution in [2.45, 2.75) is 38.1 Å². The van der Waals surface area contributed by atoms with Crippen molar-refractivity contribution in [1.82, 2.24) is 14.7 Å². The molecule has 0 aliphatic carbocycles. The molecule has 2 amide bonds. The highest BCUT2D eigenvalue weighted by molar-refractivity contribution is 5.95. The molecule has 1 saturated heterocycles. The largest absolute Gasteiger partial charge is 0.343 e. The fourth-order valence-corrected chi connectivity index (χ4v) is 4.20. The standard InChI is InChI=1S/C21H24N4O4/c26-18-7-8-21(29)25(22-18)13-10-20(28)24-14-15(16-4-1-2-5-17(16)24)9-12-23-11-3-6-19(23)27/h1-2,4-5,7-8,15H,3,6,9-14H2,(H,22,26). The van der Waals surface area contributed by atoms with Crippen LogP contribution in [0.3, 0.4) is 0 Å². The first-order valence-electron chi connectivity index (χ1n) is 10.00. The number of anilines is 1. The number of likely N-dealkylation sites (tertiary alicyclic amines) is 1. The van der Waals surface area contributed by atoms with Crippen molar-refractivity contribution in [2.24, 2.45) is 0 Å². The zero-order valence-corrected chi connectivity index (χ0v) is 16.2. The lowest BCUT2D eigenvalue weighted by atomic mass is 9.98. The average molecular weight is 396 g/mol. The third-order valence-corrected chi connectivity index (χ3v) is 5.73. The Morgan fingerprint density at radius 3 is 2.69 bits per heavy atom. The number of hydrogen-bond donors (Lipinski definition) is 1. The van der Waals surface area contributed by atoms with Crippen molar-refractivity contribution in [3.8, 4) is 0 Å². The second-order valence-electron chi connectivity index (χ2n) is 7.58. The molecule has 1 aromatic heterocycles. The Kier molecular flexibility index (Phi) is 5.33. The minimum absolute atomic E-state index is 0.0891. The lowest BCUT2D eigenvalue weighted by molar-refractivity contribution is -0.127. The summed E-state index contributed by atoms with van der Waals surface area (Å²) in [6.07, 6.45) is 2.49. The molecule has 3 heterocycles. The SMILES string of the molecule is O=C1CCCN1CCC1CN(C(=O)CCn2[nH]c(=O)ccc2=O)c2ccccc21. The van der Waals surface area contributed by atoms with Crippen LogP contribution in [0.15, 0.2) is 46.0 Å². The van der Waals surface area contributed by atoms with Crippen molar-refractivity contribution in [3.05, 3.63) is 62.7 Å². The topological polar surface area (TPSA) is 95.5 Å².